The molecule has 0 aromatic heterocycles. The standard InChI is InChI=1S/C14H17NO3/c1-10-9-15(8-7-12(10)14(17)18)13(16)11-5-3-2-4-6-11/h2-6,10,12H,7-9H2,1H3,(H,17,18). The second-order valence-electron chi connectivity index (χ2n) is 4.83. The van der Waals surface area contributed by atoms with Crippen LogP contribution in [0.5, 0.6) is 0 Å². The van der Waals surface area contributed by atoms with E-state index in [2.05, 4.69) is 0 Å². The van der Waals surface area contributed by atoms with Crippen LogP contribution in [-0.4, -0.2) is 35.0 Å². The first kappa shape index (κ1) is 12.6. The van der Waals surface area contributed by atoms with Gasteiger partial charge in [0.25, 0.3) is 5.91 Å². The minimum absolute atomic E-state index is 0.00362. The Hall–Kier alpha value is -1.84. The van der Waals surface area contributed by atoms with Crippen LogP contribution in [0.2, 0.25) is 0 Å². The van der Waals surface area contributed by atoms with Crippen LogP contribution in [0.1, 0.15) is 23.7 Å². The van der Waals surface area contributed by atoms with Crippen molar-refractivity contribution in [3.05, 3.63) is 35.9 Å². The molecule has 1 aromatic rings. The summed E-state index contributed by atoms with van der Waals surface area (Å²) >= 11 is 0. The predicted molar refractivity (Wildman–Crippen MR) is 67.3 cm³/mol. The van der Waals surface area contributed by atoms with Gasteiger partial charge in [0.15, 0.2) is 0 Å². The Balaban J connectivity index is 2.05. The zero-order valence-corrected chi connectivity index (χ0v) is 10.4. The number of carbonyl (C=O) groups is 2. The molecule has 0 aliphatic carbocycles. The Bertz CT molecular complexity index is 444. The maximum absolute atomic E-state index is 12.2. The molecule has 4 heteroatoms. The van der Waals surface area contributed by atoms with Gasteiger partial charge in [-0.3, -0.25) is 9.59 Å². The number of carboxylic acid groups (broad SMARTS) is 1. The fourth-order valence-electron chi connectivity index (χ4n) is 2.46. The van der Waals surface area contributed by atoms with Gasteiger partial charge in [-0.05, 0) is 24.5 Å². The highest BCUT2D eigenvalue weighted by molar-refractivity contribution is 5.94. The van der Waals surface area contributed by atoms with E-state index < -0.39 is 5.97 Å². The summed E-state index contributed by atoms with van der Waals surface area (Å²) in [6, 6.07) is 9.12. The van der Waals surface area contributed by atoms with Crippen molar-refractivity contribution in [2.45, 2.75) is 13.3 Å². The number of aliphatic carboxylic acids is 1. The Labute approximate surface area is 106 Å². The number of likely N-dealkylation sites (tertiary alicyclic amines) is 1. The van der Waals surface area contributed by atoms with Crippen LogP contribution < -0.4 is 0 Å². The normalized spacial score (nSPS) is 23.7. The molecule has 2 atom stereocenters. The number of benzene rings is 1. The number of hydrogen-bond acceptors (Lipinski definition) is 2. The minimum Gasteiger partial charge on any atom is -0.481 e. The van der Waals surface area contributed by atoms with Crippen LogP contribution in [0.15, 0.2) is 30.3 Å². The summed E-state index contributed by atoms with van der Waals surface area (Å²) in [6.45, 7) is 2.93. The van der Waals surface area contributed by atoms with Crippen molar-refractivity contribution < 1.29 is 14.7 Å². The van der Waals surface area contributed by atoms with Crippen molar-refractivity contribution in [1.82, 2.24) is 4.90 Å². The van der Waals surface area contributed by atoms with Gasteiger partial charge in [0, 0.05) is 18.7 Å². The molecule has 0 radical (unpaired) electrons. The maximum atomic E-state index is 12.2. The van der Waals surface area contributed by atoms with Crippen molar-refractivity contribution in [2.75, 3.05) is 13.1 Å². The van der Waals surface area contributed by atoms with E-state index in [0.717, 1.165) is 0 Å². The quantitative estimate of drug-likeness (QED) is 0.868. The number of nitrogens with zero attached hydrogens (tertiary/aromatic N) is 1. The molecule has 0 bridgehead atoms. The summed E-state index contributed by atoms with van der Waals surface area (Å²) < 4.78 is 0. The summed E-state index contributed by atoms with van der Waals surface area (Å²) in [5.74, 6) is -1.09. The van der Waals surface area contributed by atoms with E-state index in [1.54, 1.807) is 17.0 Å². The van der Waals surface area contributed by atoms with Gasteiger partial charge < -0.3 is 10.0 Å². The van der Waals surface area contributed by atoms with Crippen LogP contribution >= 0.6 is 0 Å². The maximum Gasteiger partial charge on any atom is 0.306 e. The van der Waals surface area contributed by atoms with Gasteiger partial charge >= 0.3 is 5.97 Å². The lowest BCUT2D eigenvalue weighted by molar-refractivity contribution is -0.145. The van der Waals surface area contributed by atoms with E-state index in [0.29, 0.717) is 25.1 Å². The molecule has 1 N–H and O–H groups in total. The first-order valence-corrected chi connectivity index (χ1v) is 6.16. The molecule has 0 spiro atoms. The topological polar surface area (TPSA) is 57.6 Å². The van der Waals surface area contributed by atoms with Crippen molar-refractivity contribution >= 4 is 11.9 Å². The molecule has 1 saturated heterocycles. The van der Waals surface area contributed by atoms with E-state index >= 15 is 0 Å². The molecule has 1 aliphatic rings. The number of hydrogen-bond donors (Lipinski definition) is 1. The minimum atomic E-state index is -0.755. The third kappa shape index (κ3) is 2.53. The molecule has 1 amide bonds. The Morgan fingerprint density at radius 1 is 1.28 bits per heavy atom. The van der Waals surface area contributed by atoms with Crippen LogP contribution in [0.3, 0.4) is 0 Å². The van der Waals surface area contributed by atoms with Gasteiger partial charge in [-0.1, -0.05) is 25.1 Å². The lowest BCUT2D eigenvalue weighted by Crippen LogP contribution is -2.44. The van der Waals surface area contributed by atoms with Gasteiger partial charge in [0.2, 0.25) is 0 Å². The lowest BCUT2D eigenvalue weighted by Gasteiger charge is -2.35. The number of carboxylic acids is 1. The van der Waals surface area contributed by atoms with Crippen molar-refractivity contribution in [3.8, 4) is 0 Å². The molecule has 1 aromatic carbocycles. The van der Waals surface area contributed by atoms with Gasteiger partial charge in [-0.2, -0.15) is 0 Å². The van der Waals surface area contributed by atoms with E-state index in [1.165, 1.54) is 0 Å². The molecular weight excluding hydrogens is 230 g/mol. The van der Waals surface area contributed by atoms with Gasteiger partial charge in [-0.15, -0.1) is 0 Å². The first-order valence-electron chi connectivity index (χ1n) is 6.16. The van der Waals surface area contributed by atoms with Crippen molar-refractivity contribution in [3.63, 3.8) is 0 Å². The van der Waals surface area contributed by atoms with Crippen LogP contribution in [-0.2, 0) is 4.79 Å². The molecule has 0 saturated carbocycles. The second-order valence-corrected chi connectivity index (χ2v) is 4.83. The highest BCUT2D eigenvalue weighted by atomic mass is 16.4. The van der Waals surface area contributed by atoms with E-state index in [1.807, 2.05) is 25.1 Å². The third-order valence-corrected chi connectivity index (χ3v) is 3.53. The van der Waals surface area contributed by atoms with E-state index in [9.17, 15) is 9.59 Å². The highest BCUT2D eigenvalue weighted by Gasteiger charge is 2.33. The molecule has 1 fully saturated rings. The SMILES string of the molecule is CC1CN(C(=O)c2ccccc2)CCC1C(=O)O. The Kier molecular flexibility index (Phi) is 3.65. The van der Waals surface area contributed by atoms with Crippen LogP contribution in [0.4, 0.5) is 0 Å². The van der Waals surface area contributed by atoms with Gasteiger partial charge in [-0.25, -0.2) is 0 Å². The zero-order valence-electron chi connectivity index (χ0n) is 10.4. The molecule has 96 valence electrons. The Morgan fingerprint density at radius 3 is 2.50 bits per heavy atom. The number of piperidine rings is 1. The molecule has 18 heavy (non-hydrogen) atoms. The predicted octanol–water partition coefficient (Wildman–Crippen LogP) is 1.87. The molecule has 4 nitrogen and oxygen atoms in total. The molecule has 1 aliphatic heterocycles. The highest BCUT2D eigenvalue weighted by Crippen LogP contribution is 2.24. The molecule has 2 unspecified atom stereocenters. The number of rotatable bonds is 2. The fourth-order valence-corrected chi connectivity index (χ4v) is 2.46. The van der Waals surface area contributed by atoms with Gasteiger partial charge in [0.05, 0.1) is 5.92 Å². The zero-order chi connectivity index (χ0) is 13.1. The Morgan fingerprint density at radius 2 is 1.94 bits per heavy atom. The summed E-state index contributed by atoms with van der Waals surface area (Å²) in [5.41, 5.74) is 0.665. The summed E-state index contributed by atoms with van der Waals surface area (Å²) in [6.07, 6.45) is 0.537. The van der Waals surface area contributed by atoms with E-state index in [-0.39, 0.29) is 17.7 Å². The largest absolute Gasteiger partial charge is 0.481 e. The summed E-state index contributed by atoms with van der Waals surface area (Å²) in [7, 11) is 0. The van der Waals surface area contributed by atoms with Crippen molar-refractivity contribution in [2.24, 2.45) is 11.8 Å². The molecule has 2 rings (SSSR count). The average Bonchev–Trinajstić information content (AvgIpc) is 2.38. The average molecular weight is 247 g/mol. The van der Waals surface area contributed by atoms with Crippen LogP contribution in [0.25, 0.3) is 0 Å². The first-order chi connectivity index (χ1) is 8.59. The van der Waals surface area contributed by atoms with Gasteiger partial charge in [0.1, 0.15) is 0 Å². The number of carbonyl (C=O) groups excluding carboxylic acids is 1. The molecule has 1 heterocycles. The number of amides is 1. The second kappa shape index (κ2) is 5.21. The lowest BCUT2D eigenvalue weighted by atomic mass is 9.87. The van der Waals surface area contributed by atoms with Crippen LogP contribution in [0, 0.1) is 11.8 Å². The molecular formula is C14H17NO3. The third-order valence-electron chi connectivity index (χ3n) is 3.53. The summed E-state index contributed by atoms with van der Waals surface area (Å²) in [5, 5.41) is 9.05. The van der Waals surface area contributed by atoms with E-state index in [4.69, 9.17) is 5.11 Å². The fraction of sp³-hybridized carbons (Fsp3) is 0.429. The smallest absolute Gasteiger partial charge is 0.306 e. The summed E-state index contributed by atoms with van der Waals surface area (Å²) in [4.78, 5) is 25.0. The van der Waals surface area contributed by atoms with Crippen molar-refractivity contribution in [1.29, 1.82) is 0 Å². The monoisotopic (exact) mass is 247 g/mol.